The maximum atomic E-state index is 11.8. The lowest BCUT2D eigenvalue weighted by atomic mass is 10.2. The molecule has 2 heterocycles. The molecule has 1 N–H and O–H groups in total. The Bertz CT molecular complexity index is 562. The minimum absolute atomic E-state index is 0.0999. The number of hydrogen-bond donors (Lipinski definition) is 1. The Balaban J connectivity index is 1.95. The van der Waals surface area contributed by atoms with Crippen LogP contribution in [0.5, 0.6) is 0 Å². The molecule has 0 atom stereocenters. The van der Waals surface area contributed by atoms with Crippen LogP contribution in [0.4, 0.5) is 5.13 Å². The van der Waals surface area contributed by atoms with E-state index in [1.54, 1.807) is 6.20 Å². The van der Waals surface area contributed by atoms with Crippen molar-refractivity contribution in [3.63, 3.8) is 0 Å². The smallest absolute Gasteiger partial charge is 0.230 e. The number of carbonyl (C=O) groups is 1. The number of pyridine rings is 1. The van der Waals surface area contributed by atoms with Gasteiger partial charge in [0.15, 0.2) is 0 Å². The van der Waals surface area contributed by atoms with Gasteiger partial charge in [0.25, 0.3) is 0 Å². The summed E-state index contributed by atoms with van der Waals surface area (Å²) in [7, 11) is 0. The molecule has 0 aliphatic carbocycles. The van der Waals surface area contributed by atoms with Crippen LogP contribution in [-0.2, 0) is 11.2 Å². The molecule has 0 spiro atoms. The zero-order chi connectivity index (χ0) is 13.8. The van der Waals surface area contributed by atoms with Gasteiger partial charge in [-0.2, -0.15) is 0 Å². The second-order valence-corrected chi connectivity index (χ2v) is 5.64. The third-order valence-corrected chi connectivity index (χ3v) is 3.66. The van der Waals surface area contributed by atoms with Crippen LogP contribution >= 0.6 is 11.3 Å². The number of hydrogen-bond acceptors (Lipinski definition) is 5. The maximum Gasteiger partial charge on any atom is 0.230 e. The lowest BCUT2D eigenvalue weighted by Crippen LogP contribution is -2.14. The molecule has 0 aliphatic rings. The summed E-state index contributed by atoms with van der Waals surface area (Å²) in [5.74, 6) is 0.224. The van der Waals surface area contributed by atoms with E-state index in [-0.39, 0.29) is 5.91 Å². The van der Waals surface area contributed by atoms with E-state index < -0.39 is 0 Å². The Hall–Kier alpha value is -1.82. The SMILES string of the molecule is Cc1ccc(CC(=O)Nc2nnc(C(C)C)s2)cn1. The van der Waals surface area contributed by atoms with Crippen LogP contribution in [0.15, 0.2) is 18.3 Å². The highest BCUT2D eigenvalue weighted by Crippen LogP contribution is 2.22. The molecule has 0 aromatic carbocycles. The average Bonchev–Trinajstić information content (AvgIpc) is 2.80. The molecule has 0 saturated heterocycles. The molecule has 2 aromatic heterocycles. The minimum atomic E-state index is -0.0999. The van der Waals surface area contributed by atoms with E-state index in [2.05, 4.69) is 20.5 Å². The molecule has 2 rings (SSSR count). The van der Waals surface area contributed by atoms with Crippen LogP contribution in [-0.4, -0.2) is 21.1 Å². The molecule has 2 aromatic rings. The van der Waals surface area contributed by atoms with E-state index in [0.29, 0.717) is 17.5 Å². The fourth-order valence-electron chi connectivity index (χ4n) is 1.47. The molecule has 0 fully saturated rings. The first-order valence-corrected chi connectivity index (χ1v) is 6.91. The van der Waals surface area contributed by atoms with Gasteiger partial charge in [0.05, 0.1) is 6.42 Å². The number of anilines is 1. The van der Waals surface area contributed by atoms with Crippen molar-refractivity contribution >= 4 is 22.4 Å². The Morgan fingerprint density at radius 1 is 1.37 bits per heavy atom. The zero-order valence-electron chi connectivity index (χ0n) is 11.2. The highest BCUT2D eigenvalue weighted by molar-refractivity contribution is 7.15. The summed E-state index contributed by atoms with van der Waals surface area (Å²) in [5, 5.41) is 12.2. The van der Waals surface area contributed by atoms with Crippen molar-refractivity contribution < 1.29 is 4.79 Å². The lowest BCUT2D eigenvalue weighted by molar-refractivity contribution is -0.115. The number of nitrogens with zero attached hydrogens (tertiary/aromatic N) is 3. The summed E-state index contributed by atoms with van der Waals surface area (Å²) in [6.07, 6.45) is 2.01. The minimum Gasteiger partial charge on any atom is -0.300 e. The summed E-state index contributed by atoms with van der Waals surface area (Å²) >= 11 is 1.41. The predicted molar refractivity (Wildman–Crippen MR) is 75.3 cm³/mol. The van der Waals surface area contributed by atoms with E-state index >= 15 is 0 Å². The third kappa shape index (κ3) is 3.82. The molecule has 5 nitrogen and oxygen atoms in total. The van der Waals surface area contributed by atoms with E-state index in [4.69, 9.17) is 0 Å². The van der Waals surface area contributed by atoms with Gasteiger partial charge in [-0.1, -0.05) is 31.3 Å². The monoisotopic (exact) mass is 276 g/mol. The molecule has 19 heavy (non-hydrogen) atoms. The number of rotatable bonds is 4. The first-order chi connectivity index (χ1) is 9.04. The van der Waals surface area contributed by atoms with Gasteiger partial charge in [0.2, 0.25) is 11.0 Å². The van der Waals surface area contributed by atoms with Crippen LogP contribution in [0.25, 0.3) is 0 Å². The van der Waals surface area contributed by atoms with Crippen molar-refractivity contribution in [1.82, 2.24) is 15.2 Å². The molecular formula is C13H16N4OS. The molecule has 100 valence electrons. The van der Waals surface area contributed by atoms with Crippen LogP contribution < -0.4 is 5.32 Å². The number of amides is 1. The average molecular weight is 276 g/mol. The van der Waals surface area contributed by atoms with E-state index in [0.717, 1.165) is 16.3 Å². The van der Waals surface area contributed by atoms with Crippen molar-refractivity contribution in [3.8, 4) is 0 Å². The first kappa shape index (κ1) is 13.6. The largest absolute Gasteiger partial charge is 0.300 e. The van der Waals surface area contributed by atoms with Gasteiger partial charge in [-0.15, -0.1) is 10.2 Å². The molecule has 0 aliphatic heterocycles. The van der Waals surface area contributed by atoms with Gasteiger partial charge in [-0.05, 0) is 18.6 Å². The van der Waals surface area contributed by atoms with Crippen LogP contribution in [0.3, 0.4) is 0 Å². The second kappa shape index (κ2) is 5.88. The van der Waals surface area contributed by atoms with Gasteiger partial charge in [-0.25, -0.2) is 0 Å². The summed E-state index contributed by atoms with van der Waals surface area (Å²) in [6, 6.07) is 3.80. The fourth-order valence-corrected chi connectivity index (χ4v) is 2.23. The van der Waals surface area contributed by atoms with Gasteiger partial charge in [-0.3, -0.25) is 9.78 Å². The number of carbonyl (C=O) groups excluding carboxylic acids is 1. The summed E-state index contributed by atoms with van der Waals surface area (Å²) < 4.78 is 0. The Kier molecular flexibility index (Phi) is 4.21. The molecule has 0 bridgehead atoms. The molecule has 6 heteroatoms. The van der Waals surface area contributed by atoms with Crippen molar-refractivity contribution in [3.05, 3.63) is 34.6 Å². The Morgan fingerprint density at radius 3 is 2.74 bits per heavy atom. The molecule has 0 radical (unpaired) electrons. The fraction of sp³-hybridized carbons (Fsp3) is 0.385. The van der Waals surface area contributed by atoms with Crippen LogP contribution in [0.2, 0.25) is 0 Å². The van der Waals surface area contributed by atoms with Crippen molar-refractivity contribution in [1.29, 1.82) is 0 Å². The maximum absolute atomic E-state index is 11.8. The van der Waals surface area contributed by atoms with Crippen molar-refractivity contribution in [2.75, 3.05) is 5.32 Å². The molecule has 0 unspecified atom stereocenters. The van der Waals surface area contributed by atoms with E-state index in [9.17, 15) is 4.79 Å². The highest BCUT2D eigenvalue weighted by atomic mass is 32.1. The summed E-state index contributed by atoms with van der Waals surface area (Å²) in [6.45, 7) is 6.01. The van der Waals surface area contributed by atoms with Gasteiger partial charge in [0.1, 0.15) is 5.01 Å². The second-order valence-electron chi connectivity index (χ2n) is 4.63. The van der Waals surface area contributed by atoms with Crippen molar-refractivity contribution in [2.45, 2.75) is 33.1 Å². The predicted octanol–water partition coefficient (Wildman–Crippen LogP) is 2.55. The van der Waals surface area contributed by atoms with Crippen molar-refractivity contribution in [2.24, 2.45) is 0 Å². The Labute approximate surface area is 116 Å². The topological polar surface area (TPSA) is 67.8 Å². The third-order valence-electron chi connectivity index (χ3n) is 2.52. The van der Waals surface area contributed by atoms with E-state index in [1.165, 1.54) is 11.3 Å². The standard InChI is InChI=1S/C13H16N4OS/c1-8(2)12-16-17-13(19-12)15-11(18)6-10-5-4-9(3)14-7-10/h4-5,7-8H,6H2,1-3H3,(H,15,17,18). The Morgan fingerprint density at radius 2 is 2.16 bits per heavy atom. The lowest BCUT2D eigenvalue weighted by Gasteiger charge is -2.01. The number of aromatic nitrogens is 3. The number of aryl methyl sites for hydroxylation is 1. The quantitative estimate of drug-likeness (QED) is 0.931. The molecular weight excluding hydrogens is 260 g/mol. The van der Waals surface area contributed by atoms with Crippen LogP contribution in [0, 0.1) is 6.92 Å². The number of nitrogens with one attached hydrogen (secondary N) is 1. The normalized spacial score (nSPS) is 10.7. The first-order valence-electron chi connectivity index (χ1n) is 6.09. The van der Waals surface area contributed by atoms with Crippen LogP contribution in [0.1, 0.15) is 36.0 Å². The van der Waals surface area contributed by atoms with Gasteiger partial charge < -0.3 is 5.32 Å². The molecule has 1 amide bonds. The highest BCUT2D eigenvalue weighted by Gasteiger charge is 2.10. The molecule has 0 saturated carbocycles. The summed E-state index contributed by atoms with van der Waals surface area (Å²) in [4.78, 5) is 16.0. The van der Waals surface area contributed by atoms with E-state index in [1.807, 2.05) is 32.9 Å². The zero-order valence-corrected chi connectivity index (χ0v) is 12.0. The van der Waals surface area contributed by atoms with Gasteiger partial charge >= 0.3 is 0 Å². The van der Waals surface area contributed by atoms with Gasteiger partial charge in [0, 0.05) is 17.8 Å². The summed E-state index contributed by atoms with van der Waals surface area (Å²) in [5.41, 5.74) is 1.83.